The van der Waals surface area contributed by atoms with Crippen LogP contribution in [0.4, 0.5) is 0 Å². The average molecular weight is 167 g/mol. The summed E-state index contributed by atoms with van der Waals surface area (Å²) in [5.41, 5.74) is -0.613. The van der Waals surface area contributed by atoms with E-state index in [0.29, 0.717) is 0 Å². The normalized spacial score (nSPS) is 13.3. The van der Waals surface area contributed by atoms with Gasteiger partial charge in [-0.25, -0.2) is 0 Å². The lowest BCUT2D eigenvalue weighted by molar-refractivity contribution is 0.0828. The second-order valence-corrected chi connectivity index (χ2v) is 2.89. The quantitative estimate of drug-likeness (QED) is 0.624. The molecule has 0 amide bonds. The summed E-state index contributed by atoms with van der Waals surface area (Å²) in [4.78, 5) is 0. The third-order valence-electron chi connectivity index (χ3n) is 2.05. The van der Waals surface area contributed by atoms with Gasteiger partial charge in [0.25, 0.3) is 0 Å². The Morgan fingerprint density at radius 1 is 1.08 bits per heavy atom. The SMILES string of the molecule is C[CH]/C=C/C=C/C(O)(CC)CC. The van der Waals surface area contributed by atoms with E-state index in [1.54, 1.807) is 0 Å². The van der Waals surface area contributed by atoms with Gasteiger partial charge >= 0.3 is 0 Å². The molecule has 0 unspecified atom stereocenters. The first-order chi connectivity index (χ1) is 5.68. The minimum absolute atomic E-state index is 0.613. The van der Waals surface area contributed by atoms with E-state index in [9.17, 15) is 5.11 Å². The van der Waals surface area contributed by atoms with Crippen LogP contribution in [0.25, 0.3) is 0 Å². The highest BCUT2D eigenvalue weighted by molar-refractivity contribution is 5.11. The number of hydrogen-bond acceptors (Lipinski definition) is 1. The maximum absolute atomic E-state index is 9.80. The molecule has 0 aromatic rings. The van der Waals surface area contributed by atoms with Crippen LogP contribution < -0.4 is 0 Å². The van der Waals surface area contributed by atoms with E-state index in [1.165, 1.54) is 0 Å². The van der Waals surface area contributed by atoms with Crippen molar-refractivity contribution < 1.29 is 5.11 Å². The number of aliphatic hydroxyl groups is 1. The summed E-state index contributed by atoms with van der Waals surface area (Å²) >= 11 is 0. The van der Waals surface area contributed by atoms with Crippen LogP contribution in [0, 0.1) is 6.42 Å². The molecule has 0 aliphatic carbocycles. The second kappa shape index (κ2) is 6.01. The third kappa shape index (κ3) is 4.35. The van der Waals surface area contributed by atoms with Gasteiger partial charge in [0.05, 0.1) is 5.60 Å². The van der Waals surface area contributed by atoms with Crippen LogP contribution in [-0.2, 0) is 0 Å². The Morgan fingerprint density at radius 3 is 2.08 bits per heavy atom. The van der Waals surface area contributed by atoms with E-state index < -0.39 is 5.60 Å². The van der Waals surface area contributed by atoms with Gasteiger partial charge in [0.2, 0.25) is 0 Å². The maximum Gasteiger partial charge on any atom is 0.0825 e. The predicted molar refractivity (Wildman–Crippen MR) is 53.8 cm³/mol. The largest absolute Gasteiger partial charge is 0.386 e. The van der Waals surface area contributed by atoms with E-state index in [4.69, 9.17) is 0 Å². The van der Waals surface area contributed by atoms with Crippen molar-refractivity contribution in [3.8, 4) is 0 Å². The fourth-order valence-electron chi connectivity index (χ4n) is 0.896. The van der Waals surface area contributed by atoms with Crippen molar-refractivity contribution in [2.75, 3.05) is 0 Å². The zero-order valence-electron chi connectivity index (χ0n) is 8.25. The van der Waals surface area contributed by atoms with Crippen molar-refractivity contribution in [3.63, 3.8) is 0 Å². The van der Waals surface area contributed by atoms with Crippen LogP contribution in [0.15, 0.2) is 24.3 Å². The van der Waals surface area contributed by atoms with Crippen LogP contribution in [0.2, 0.25) is 0 Å². The van der Waals surface area contributed by atoms with Gasteiger partial charge < -0.3 is 5.11 Å². The molecule has 0 rings (SSSR count). The fraction of sp³-hybridized carbons (Fsp3) is 0.545. The van der Waals surface area contributed by atoms with Gasteiger partial charge in [0.15, 0.2) is 0 Å². The first kappa shape index (κ1) is 11.4. The summed E-state index contributed by atoms with van der Waals surface area (Å²) in [6.45, 7) is 5.95. The smallest absolute Gasteiger partial charge is 0.0825 e. The van der Waals surface area contributed by atoms with Gasteiger partial charge in [-0.05, 0) is 19.3 Å². The summed E-state index contributed by atoms with van der Waals surface area (Å²) in [5, 5.41) is 9.80. The molecule has 1 radical (unpaired) electrons. The molecule has 0 fully saturated rings. The molecule has 0 atom stereocenters. The Hall–Kier alpha value is -0.560. The minimum Gasteiger partial charge on any atom is -0.386 e. The van der Waals surface area contributed by atoms with Crippen molar-refractivity contribution in [1.29, 1.82) is 0 Å². The molecule has 0 aromatic heterocycles. The number of allylic oxidation sites excluding steroid dienone is 3. The third-order valence-corrected chi connectivity index (χ3v) is 2.05. The topological polar surface area (TPSA) is 20.2 Å². The number of rotatable bonds is 5. The monoisotopic (exact) mass is 167 g/mol. The molecule has 0 aliphatic heterocycles. The second-order valence-electron chi connectivity index (χ2n) is 2.89. The van der Waals surface area contributed by atoms with Gasteiger partial charge in [-0.3, -0.25) is 0 Å². The molecular weight excluding hydrogens is 148 g/mol. The van der Waals surface area contributed by atoms with Crippen molar-refractivity contribution >= 4 is 0 Å². The highest BCUT2D eigenvalue weighted by Crippen LogP contribution is 2.15. The summed E-state index contributed by atoms with van der Waals surface area (Å²) in [5.74, 6) is 0. The Bertz CT molecular complexity index is 152. The van der Waals surface area contributed by atoms with Crippen molar-refractivity contribution in [3.05, 3.63) is 30.7 Å². The van der Waals surface area contributed by atoms with Crippen LogP contribution in [0.1, 0.15) is 33.6 Å². The molecule has 0 aliphatic rings. The molecule has 12 heavy (non-hydrogen) atoms. The van der Waals surface area contributed by atoms with Gasteiger partial charge in [0.1, 0.15) is 0 Å². The Morgan fingerprint density at radius 2 is 1.67 bits per heavy atom. The highest BCUT2D eigenvalue weighted by Gasteiger charge is 2.16. The first-order valence-electron chi connectivity index (χ1n) is 4.54. The van der Waals surface area contributed by atoms with Gasteiger partial charge in [0, 0.05) is 0 Å². The molecule has 0 spiro atoms. The van der Waals surface area contributed by atoms with E-state index in [-0.39, 0.29) is 0 Å². The van der Waals surface area contributed by atoms with E-state index in [1.807, 2.05) is 51.5 Å². The first-order valence-corrected chi connectivity index (χ1v) is 4.54. The van der Waals surface area contributed by atoms with Crippen LogP contribution in [0.3, 0.4) is 0 Å². The van der Waals surface area contributed by atoms with Crippen molar-refractivity contribution in [2.24, 2.45) is 0 Å². The molecule has 0 heterocycles. The molecule has 0 bridgehead atoms. The van der Waals surface area contributed by atoms with E-state index in [2.05, 4.69) is 0 Å². The standard InChI is InChI=1S/C11H19O/c1-4-7-8-9-10-11(12,5-2)6-3/h4,7-10,12H,5-6H2,1-3H3/b8-7+,10-9+. The summed E-state index contributed by atoms with van der Waals surface area (Å²) < 4.78 is 0. The zero-order chi connectivity index (χ0) is 9.45. The van der Waals surface area contributed by atoms with E-state index >= 15 is 0 Å². The molecular formula is C11H19O. The summed E-state index contributed by atoms with van der Waals surface area (Å²) in [6, 6.07) is 0. The van der Waals surface area contributed by atoms with Gasteiger partial charge in [-0.2, -0.15) is 0 Å². The zero-order valence-corrected chi connectivity index (χ0v) is 8.25. The van der Waals surface area contributed by atoms with Crippen LogP contribution >= 0.6 is 0 Å². The fourth-order valence-corrected chi connectivity index (χ4v) is 0.896. The highest BCUT2D eigenvalue weighted by atomic mass is 16.3. The lowest BCUT2D eigenvalue weighted by Gasteiger charge is -2.19. The molecule has 0 saturated heterocycles. The van der Waals surface area contributed by atoms with Crippen LogP contribution in [0.5, 0.6) is 0 Å². The lowest BCUT2D eigenvalue weighted by Crippen LogP contribution is -2.22. The summed E-state index contributed by atoms with van der Waals surface area (Å²) in [7, 11) is 0. The van der Waals surface area contributed by atoms with Crippen molar-refractivity contribution in [1.82, 2.24) is 0 Å². The molecule has 0 aromatic carbocycles. The average Bonchev–Trinajstić information content (AvgIpc) is 2.12. The molecule has 1 nitrogen and oxygen atoms in total. The Balaban J connectivity index is 4.01. The van der Waals surface area contributed by atoms with E-state index in [0.717, 1.165) is 12.8 Å². The number of hydrogen-bond donors (Lipinski definition) is 1. The molecule has 1 heteroatoms. The Kier molecular flexibility index (Phi) is 5.73. The molecule has 1 N–H and O–H groups in total. The van der Waals surface area contributed by atoms with Gasteiger partial charge in [-0.15, -0.1) is 0 Å². The molecule has 0 saturated carbocycles. The Labute approximate surface area is 75.8 Å². The summed E-state index contributed by atoms with van der Waals surface area (Å²) in [6.07, 6.45) is 11.1. The maximum atomic E-state index is 9.80. The predicted octanol–water partition coefficient (Wildman–Crippen LogP) is 2.87. The lowest BCUT2D eigenvalue weighted by atomic mass is 9.97. The minimum atomic E-state index is -0.613. The molecule has 69 valence electrons. The van der Waals surface area contributed by atoms with Crippen molar-refractivity contribution in [2.45, 2.75) is 39.2 Å². The van der Waals surface area contributed by atoms with Gasteiger partial charge in [-0.1, -0.05) is 45.1 Å². The van der Waals surface area contributed by atoms with Crippen LogP contribution in [-0.4, -0.2) is 10.7 Å².